The van der Waals surface area contributed by atoms with Gasteiger partial charge in [-0.3, -0.25) is 4.52 Å². The van der Waals surface area contributed by atoms with E-state index in [1.807, 2.05) is 18.4 Å². The fourth-order valence-corrected chi connectivity index (χ4v) is 5.44. The monoisotopic (exact) mass is 460 g/mol. The van der Waals surface area contributed by atoms with Crippen LogP contribution in [0, 0.1) is 0 Å². The molecule has 1 aliphatic rings. The fourth-order valence-electron chi connectivity index (χ4n) is 3.91. The minimum atomic E-state index is -1.20. The van der Waals surface area contributed by atoms with Crippen molar-refractivity contribution in [2.45, 2.75) is 0 Å². The third-order valence-corrected chi connectivity index (χ3v) is 7.27. The molecule has 0 saturated heterocycles. The number of benzene rings is 4. The van der Waals surface area contributed by atoms with E-state index < -0.39 is 6.92 Å². The Labute approximate surface area is 236 Å². The molecule has 144 valence electrons. The van der Waals surface area contributed by atoms with Crippen LogP contribution in [0.2, 0.25) is 0 Å². The van der Waals surface area contributed by atoms with Crippen molar-refractivity contribution in [3.63, 3.8) is 0 Å². The summed E-state index contributed by atoms with van der Waals surface area (Å²) in [4.78, 5) is 2.23. The zero-order chi connectivity index (χ0) is 19.8. The van der Waals surface area contributed by atoms with Crippen LogP contribution in [0.4, 0.5) is 11.4 Å². The summed E-state index contributed by atoms with van der Waals surface area (Å²) in [5.41, 5.74) is 5.72. The maximum absolute atomic E-state index is 6.22. The van der Waals surface area contributed by atoms with E-state index in [1.54, 1.807) is 0 Å². The van der Waals surface area contributed by atoms with Gasteiger partial charge in [-0.1, -0.05) is 66.7 Å². The van der Waals surface area contributed by atoms with E-state index in [0.29, 0.717) is 0 Å². The van der Waals surface area contributed by atoms with Gasteiger partial charge in [-0.05, 0) is 29.7 Å². The molecular formula is C25H21NNa2OPS+. The van der Waals surface area contributed by atoms with Crippen LogP contribution in [-0.4, -0.2) is 7.05 Å². The largest absolute Gasteiger partial charge is 1.00 e. The molecule has 0 aliphatic carbocycles. The molecule has 1 atom stereocenters. The zero-order valence-electron chi connectivity index (χ0n) is 19.9. The molecule has 4 aromatic rings. The van der Waals surface area contributed by atoms with E-state index in [4.69, 9.17) is 16.3 Å². The number of hydrogen-bond acceptors (Lipinski definition) is 3. The molecule has 2 nitrogen and oxygen atoms in total. The van der Waals surface area contributed by atoms with E-state index in [0.717, 1.165) is 22.0 Å². The summed E-state index contributed by atoms with van der Waals surface area (Å²) < 4.78 is 6.22. The van der Waals surface area contributed by atoms with E-state index in [9.17, 15) is 0 Å². The van der Waals surface area contributed by atoms with Crippen LogP contribution in [0.25, 0.3) is 16.3 Å². The first-order valence-electron chi connectivity index (χ1n) is 9.48. The van der Waals surface area contributed by atoms with Gasteiger partial charge in [0.2, 0.25) is 17.1 Å². The standard InChI is InChI=1S/C25H19NOPS.2Na.2H/c1-26-23-14-6-4-12-20(23)22(21-13-5-7-15-24(21)26)17-27-28(29)25-16-8-10-18-9-2-3-11-19(18)25;;;;/h2-17H,1H3;;;;/q3*+1;2*-1. The zero-order valence-corrected chi connectivity index (χ0v) is 23.7. The second-order valence-corrected chi connectivity index (χ2v) is 9.19. The molecule has 0 fully saturated rings. The molecule has 0 N–H and O–H groups in total. The molecule has 0 radical (unpaired) electrons. The van der Waals surface area contributed by atoms with Gasteiger partial charge in [-0.25, -0.2) is 0 Å². The summed E-state index contributed by atoms with van der Waals surface area (Å²) in [5, 5.41) is 3.44. The summed E-state index contributed by atoms with van der Waals surface area (Å²) >= 11 is 5.81. The maximum atomic E-state index is 6.22. The molecule has 1 unspecified atom stereocenters. The van der Waals surface area contributed by atoms with Crippen LogP contribution < -0.4 is 69.3 Å². The van der Waals surface area contributed by atoms with Crippen molar-refractivity contribution in [1.29, 1.82) is 0 Å². The first-order valence-corrected chi connectivity index (χ1v) is 11.8. The third-order valence-electron chi connectivity index (χ3n) is 5.34. The topological polar surface area (TPSA) is 12.5 Å². The summed E-state index contributed by atoms with van der Waals surface area (Å²) in [7, 11) is 2.10. The molecule has 0 aromatic heterocycles. The van der Waals surface area contributed by atoms with Gasteiger partial charge >= 0.3 is 66.0 Å². The average Bonchev–Trinajstić information content (AvgIpc) is 2.78. The van der Waals surface area contributed by atoms with Crippen molar-refractivity contribution in [1.82, 2.24) is 0 Å². The van der Waals surface area contributed by atoms with E-state index >= 15 is 0 Å². The van der Waals surface area contributed by atoms with Gasteiger partial charge in [0.1, 0.15) is 0 Å². The van der Waals surface area contributed by atoms with Crippen LogP contribution >= 0.6 is 6.92 Å². The number of nitrogens with zero attached hydrogens (tertiary/aromatic N) is 1. The number of para-hydroxylation sites is 2. The van der Waals surface area contributed by atoms with Crippen LogP contribution in [0.5, 0.6) is 0 Å². The van der Waals surface area contributed by atoms with Gasteiger partial charge in [0.15, 0.2) is 6.26 Å². The molecule has 0 spiro atoms. The van der Waals surface area contributed by atoms with Crippen LogP contribution in [0.3, 0.4) is 0 Å². The van der Waals surface area contributed by atoms with Gasteiger partial charge in [-0.2, -0.15) is 0 Å². The normalized spacial score (nSPS) is 12.1. The minimum Gasteiger partial charge on any atom is -1.00 e. The Morgan fingerprint density at radius 2 is 1.32 bits per heavy atom. The Morgan fingerprint density at radius 3 is 2.00 bits per heavy atom. The maximum Gasteiger partial charge on any atom is 1.00 e. The van der Waals surface area contributed by atoms with Gasteiger partial charge in [-0.15, -0.1) is 0 Å². The average molecular weight is 460 g/mol. The number of fused-ring (bicyclic) bond motifs is 3. The molecule has 1 heterocycles. The second-order valence-electron chi connectivity index (χ2n) is 6.99. The molecule has 31 heavy (non-hydrogen) atoms. The number of rotatable bonds is 3. The van der Waals surface area contributed by atoms with Gasteiger partial charge in [0.05, 0.1) is 0 Å². The Hall–Kier alpha value is -1.000. The predicted molar refractivity (Wildman–Crippen MR) is 129 cm³/mol. The van der Waals surface area contributed by atoms with Crippen molar-refractivity contribution >= 4 is 51.8 Å². The Bertz CT molecular complexity index is 1250. The summed E-state index contributed by atoms with van der Waals surface area (Å²) in [6.45, 7) is -1.20. The second kappa shape index (κ2) is 10.7. The van der Waals surface area contributed by atoms with Gasteiger partial charge in [0, 0.05) is 40.5 Å². The Kier molecular flexibility index (Phi) is 8.54. The molecule has 0 saturated carbocycles. The van der Waals surface area contributed by atoms with E-state index in [2.05, 4.69) is 90.8 Å². The van der Waals surface area contributed by atoms with Crippen molar-refractivity contribution in [3.8, 4) is 0 Å². The Balaban J connectivity index is 0.00000136. The van der Waals surface area contributed by atoms with E-state index in [-0.39, 0.29) is 62.0 Å². The van der Waals surface area contributed by atoms with Crippen LogP contribution in [0.15, 0.2) is 97.3 Å². The van der Waals surface area contributed by atoms with Crippen molar-refractivity contribution in [3.05, 3.63) is 108 Å². The molecule has 0 bridgehead atoms. The molecule has 4 aromatic carbocycles. The first-order chi connectivity index (χ1) is 14.2. The molecule has 1 aliphatic heterocycles. The molecular weight excluding hydrogens is 439 g/mol. The number of hydrogen-bond donors (Lipinski definition) is 0. The predicted octanol–water partition coefficient (Wildman–Crippen LogP) is 0.744. The number of anilines is 2. The minimum absolute atomic E-state index is 0. The van der Waals surface area contributed by atoms with Crippen LogP contribution in [0.1, 0.15) is 14.0 Å². The van der Waals surface area contributed by atoms with Crippen LogP contribution in [-0.2, 0) is 16.3 Å². The van der Waals surface area contributed by atoms with Crippen molar-refractivity contribution < 1.29 is 66.5 Å². The molecule has 5 rings (SSSR count). The SMILES string of the molecule is CN1c2ccccc2C(=CO[P+](=S)c2cccc3ccccc23)c2ccccc21.[H-].[H-].[Na+].[Na+]. The van der Waals surface area contributed by atoms with Gasteiger partial charge < -0.3 is 7.75 Å². The smallest absolute Gasteiger partial charge is 1.00 e. The third kappa shape index (κ3) is 4.71. The Morgan fingerprint density at radius 1 is 0.774 bits per heavy atom. The summed E-state index contributed by atoms with van der Waals surface area (Å²) in [6, 6.07) is 31.4. The van der Waals surface area contributed by atoms with E-state index in [1.165, 1.54) is 22.1 Å². The molecule has 0 amide bonds. The van der Waals surface area contributed by atoms with Crippen molar-refractivity contribution in [2.75, 3.05) is 11.9 Å². The molecule has 6 heteroatoms. The van der Waals surface area contributed by atoms with Crippen molar-refractivity contribution in [2.24, 2.45) is 0 Å². The summed E-state index contributed by atoms with van der Waals surface area (Å²) in [5.74, 6) is 0. The first kappa shape index (κ1) is 24.6. The van der Waals surface area contributed by atoms with Gasteiger partial charge in [0.25, 0.3) is 0 Å². The fraction of sp³-hybridized carbons (Fsp3) is 0.0400. The quantitative estimate of drug-likeness (QED) is 0.254. The summed E-state index contributed by atoms with van der Waals surface area (Å²) in [6.07, 6.45) is 1.87.